The summed E-state index contributed by atoms with van der Waals surface area (Å²) in [5.41, 5.74) is -0.678. The van der Waals surface area contributed by atoms with Crippen LogP contribution in [0.5, 0.6) is 0 Å². The first-order chi connectivity index (χ1) is 8.93. The molecule has 0 aliphatic carbocycles. The van der Waals surface area contributed by atoms with Gasteiger partial charge in [-0.15, -0.1) is 0 Å². The minimum Gasteiger partial charge on any atom is -0.242 e. The SMILES string of the molecule is CC(C)(C)[S@](=O)N[C@H](c1cc(Cl)ccc1F)C(F)(F)F. The molecule has 0 saturated carbocycles. The molecule has 0 radical (unpaired) electrons. The van der Waals surface area contributed by atoms with Crippen molar-refractivity contribution in [3.8, 4) is 0 Å². The molecule has 1 aromatic carbocycles. The van der Waals surface area contributed by atoms with Gasteiger partial charge in [-0.25, -0.2) is 13.3 Å². The Balaban J connectivity index is 3.21. The fourth-order valence-electron chi connectivity index (χ4n) is 1.33. The Hall–Kier alpha value is -0.660. The third-order valence-corrected chi connectivity index (χ3v) is 4.17. The highest BCUT2D eigenvalue weighted by molar-refractivity contribution is 7.84. The summed E-state index contributed by atoms with van der Waals surface area (Å²) in [6.45, 7) is 4.54. The number of alkyl halides is 3. The van der Waals surface area contributed by atoms with Crippen molar-refractivity contribution in [3.63, 3.8) is 0 Å². The Labute approximate surface area is 122 Å². The quantitative estimate of drug-likeness (QED) is 0.829. The molecule has 0 amide bonds. The van der Waals surface area contributed by atoms with Gasteiger partial charge in [-0.2, -0.15) is 13.2 Å². The highest BCUT2D eigenvalue weighted by Gasteiger charge is 2.44. The summed E-state index contributed by atoms with van der Waals surface area (Å²) >= 11 is 5.60. The molecule has 0 heterocycles. The Morgan fingerprint density at radius 2 is 1.80 bits per heavy atom. The standard InChI is InChI=1S/C12H14ClF4NOS/c1-11(2,3)20(19)18-10(12(15,16)17)8-6-7(13)4-5-9(8)14/h4-6,10,18H,1-3H3/t10-,20+/m1/s1. The lowest BCUT2D eigenvalue weighted by atomic mass is 10.1. The van der Waals surface area contributed by atoms with Gasteiger partial charge in [0.2, 0.25) is 0 Å². The molecule has 0 saturated heterocycles. The molecule has 0 aliphatic rings. The van der Waals surface area contributed by atoms with E-state index in [0.29, 0.717) is 0 Å². The molecular formula is C12H14ClF4NOS. The van der Waals surface area contributed by atoms with Gasteiger partial charge in [-0.3, -0.25) is 0 Å². The van der Waals surface area contributed by atoms with E-state index in [1.54, 1.807) is 0 Å². The molecule has 0 bridgehead atoms. The molecule has 2 nitrogen and oxygen atoms in total. The molecule has 1 aromatic rings. The lowest BCUT2D eigenvalue weighted by molar-refractivity contribution is -0.153. The van der Waals surface area contributed by atoms with E-state index < -0.39 is 39.3 Å². The van der Waals surface area contributed by atoms with Gasteiger partial charge in [-0.1, -0.05) is 11.6 Å². The van der Waals surface area contributed by atoms with Gasteiger partial charge >= 0.3 is 6.18 Å². The Bertz CT molecular complexity index is 513. The van der Waals surface area contributed by atoms with Gasteiger partial charge in [0.05, 0.1) is 15.7 Å². The maximum atomic E-state index is 13.6. The van der Waals surface area contributed by atoms with Crippen LogP contribution in [-0.2, 0) is 11.0 Å². The molecule has 0 unspecified atom stereocenters. The van der Waals surface area contributed by atoms with Crippen LogP contribution in [0.2, 0.25) is 5.02 Å². The van der Waals surface area contributed by atoms with E-state index in [1.807, 2.05) is 4.72 Å². The summed E-state index contributed by atoms with van der Waals surface area (Å²) in [4.78, 5) is 0. The van der Waals surface area contributed by atoms with Crippen LogP contribution in [0.25, 0.3) is 0 Å². The van der Waals surface area contributed by atoms with Crippen molar-refractivity contribution in [1.29, 1.82) is 0 Å². The molecule has 0 fully saturated rings. The number of hydrogen-bond donors (Lipinski definition) is 1. The molecule has 0 spiro atoms. The number of hydrogen-bond acceptors (Lipinski definition) is 1. The number of benzene rings is 1. The van der Waals surface area contributed by atoms with Crippen molar-refractivity contribution < 1.29 is 21.8 Å². The van der Waals surface area contributed by atoms with Gasteiger partial charge in [0, 0.05) is 10.6 Å². The summed E-state index contributed by atoms with van der Waals surface area (Å²) in [6.07, 6.45) is -4.80. The maximum absolute atomic E-state index is 13.6. The van der Waals surface area contributed by atoms with E-state index in [4.69, 9.17) is 11.6 Å². The molecule has 1 N–H and O–H groups in total. The first-order valence-electron chi connectivity index (χ1n) is 5.62. The van der Waals surface area contributed by atoms with Crippen LogP contribution in [0, 0.1) is 5.82 Å². The molecule has 0 aliphatic heterocycles. The van der Waals surface area contributed by atoms with Crippen molar-refractivity contribution in [2.24, 2.45) is 0 Å². The topological polar surface area (TPSA) is 29.1 Å². The molecule has 1 rings (SSSR count). The Kier molecular flexibility index (Phi) is 5.21. The van der Waals surface area contributed by atoms with Crippen molar-refractivity contribution >= 4 is 22.6 Å². The number of halogens is 5. The lowest BCUT2D eigenvalue weighted by Crippen LogP contribution is -2.42. The minimum atomic E-state index is -4.80. The third-order valence-electron chi connectivity index (χ3n) is 2.38. The summed E-state index contributed by atoms with van der Waals surface area (Å²) in [6, 6.07) is 0.482. The molecule has 114 valence electrons. The van der Waals surface area contributed by atoms with Crippen molar-refractivity contribution in [1.82, 2.24) is 4.72 Å². The van der Waals surface area contributed by atoms with E-state index >= 15 is 0 Å². The van der Waals surface area contributed by atoms with Gasteiger partial charge in [-0.05, 0) is 39.0 Å². The zero-order chi connectivity index (χ0) is 15.7. The van der Waals surface area contributed by atoms with Crippen LogP contribution < -0.4 is 4.72 Å². The highest BCUT2D eigenvalue weighted by atomic mass is 35.5. The van der Waals surface area contributed by atoms with E-state index in [1.165, 1.54) is 20.8 Å². The largest absolute Gasteiger partial charge is 0.408 e. The van der Waals surface area contributed by atoms with Gasteiger partial charge in [0.1, 0.15) is 11.9 Å². The lowest BCUT2D eigenvalue weighted by Gasteiger charge is -2.26. The predicted octanol–water partition coefficient (Wildman–Crippen LogP) is 4.13. The summed E-state index contributed by atoms with van der Waals surface area (Å²) in [5, 5.41) is -0.0287. The molecule has 20 heavy (non-hydrogen) atoms. The first kappa shape index (κ1) is 17.4. The van der Waals surface area contributed by atoms with Crippen LogP contribution in [0.15, 0.2) is 18.2 Å². The van der Waals surface area contributed by atoms with Crippen molar-refractivity contribution in [2.45, 2.75) is 37.7 Å². The zero-order valence-corrected chi connectivity index (χ0v) is 12.6. The van der Waals surface area contributed by atoms with Gasteiger partial charge in [0.25, 0.3) is 0 Å². The van der Waals surface area contributed by atoms with Gasteiger partial charge < -0.3 is 0 Å². The number of rotatable bonds is 3. The van der Waals surface area contributed by atoms with Crippen LogP contribution in [0.3, 0.4) is 0 Å². The fourth-order valence-corrected chi connectivity index (χ4v) is 2.34. The van der Waals surface area contributed by atoms with Crippen LogP contribution in [0.4, 0.5) is 17.6 Å². The maximum Gasteiger partial charge on any atom is 0.408 e. The Morgan fingerprint density at radius 1 is 1.25 bits per heavy atom. The van der Waals surface area contributed by atoms with Crippen molar-refractivity contribution in [3.05, 3.63) is 34.6 Å². The normalized spacial score (nSPS) is 16.0. The summed E-state index contributed by atoms with van der Waals surface area (Å²) < 4.78 is 65.6. The smallest absolute Gasteiger partial charge is 0.242 e. The second kappa shape index (κ2) is 5.99. The predicted molar refractivity (Wildman–Crippen MR) is 71.2 cm³/mol. The molecular weight excluding hydrogens is 318 g/mol. The second-order valence-electron chi connectivity index (χ2n) is 5.14. The molecule has 8 heteroatoms. The monoisotopic (exact) mass is 331 g/mol. The highest BCUT2D eigenvalue weighted by Crippen LogP contribution is 2.36. The van der Waals surface area contributed by atoms with Crippen LogP contribution in [-0.4, -0.2) is 15.1 Å². The van der Waals surface area contributed by atoms with Gasteiger partial charge in [0.15, 0.2) is 0 Å². The van der Waals surface area contributed by atoms with E-state index in [0.717, 1.165) is 18.2 Å². The summed E-state index contributed by atoms with van der Waals surface area (Å²) in [5.74, 6) is -1.06. The average molecular weight is 332 g/mol. The van der Waals surface area contributed by atoms with E-state index in [2.05, 4.69) is 0 Å². The third kappa shape index (κ3) is 4.43. The summed E-state index contributed by atoms with van der Waals surface area (Å²) in [7, 11) is -2.01. The van der Waals surface area contributed by atoms with Crippen LogP contribution in [0.1, 0.15) is 32.4 Å². The van der Waals surface area contributed by atoms with Crippen LogP contribution >= 0.6 is 11.6 Å². The number of nitrogens with one attached hydrogen (secondary N) is 1. The fraction of sp³-hybridized carbons (Fsp3) is 0.500. The Morgan fingerprint density at radius 3 is 2.25 bits per heavy atom. The average Bonchev–Trinajstić information content (AvgIpc) is 2.26. The zero-order valence-electron chi connectivity index (χ0n) is 11.0. The van der Waals surface area contributed by atoms with E-state index in [-0.39, 0.29) is 5.02 Å². The minimum absolute atomic E-state index is 0.0287. The molecule has 2 atom stereocenters. The second-order valence-corrected chi connectivity index (χ2v) is 7.57. The molecule has 0 aromatic heterocycles. The van der Waals surface area contributed by atoms with E-state index in [9.17, 15) is 21.8 Å². The van der Waals surface area contributed by atoms with Crippen molar-refractivity contribution in [2.75, 3.05) is 0 Å². The first-order valence-corrected chi connectivity index (χ1v) is 7.15.